The van der Waals surface area contributed by atoms with Gasteiger partial charge in [-0.2, -0.15) is 0 Å². The lowest BCUT2D eigenvalue weighted by atomic mass is 9.95. The summed E-state index contributed by atoms with van der Waals surface area (Å²) in [5.74, 6) is 0.344. The molecule has 0 saturated carbocycles. The maximum Gasteiger partial charge on any atom is 0.295 e. The highest BCUT2D eigenvalue weighted by Crippen LogP contribution is 2.40. The van der Waals surface area contributed by atoms with Crippen molar-refractivity contribution in [2.75, 3.05) is 39.4 Å². The molecule has 2 aromatic rings. The van der Waals surface area contributed by atoms with Crippen molar-refractivity contribution >= 4 is 17.4 Å². The van der Waals surface area contributed by atoms with Gasteiger partial charge in [0.1, 0.15) is 17.3 Å². The van der Waals surface area contributed by atoms with Gasteiger partial charge in [0, 0.05) is 18.7 Å². The first kappa shape index (κ1) is 28.3. The number of hydrogen-bond donors (Lipinski definition) is 1. The minimum absolute atomic E-state index is 0.0997. The fourth-order valence-electron chi connectivity index (χ4n) is 4.34. The SMILES string of the molecule is CCCOc1ccc(C2/C(=C(\O)c3ccc(OCC(C)C)cc3)C(=O)C(=O)N2CCN(CC)CC)cc1. The maximum absolute atomic E-state index is 13.3. The lowest BCUT2D eigenvalue weighted by Crippen LogP contribution is -2.38. The number of aliphatic hydroxyl groups is 1. The number of hydrogen-bond acceptors (Lipinski definition) is 6. The Morgan fingerprint density at radius 1 is 0.946 bits per heavy atom. The summed E-state index contributed by atoms with van der Waals surface area (Å²) in [4.78, 5) is 30.3. The zero-order chi connectivity index (χ0) is 26.9. The molecule has 1 unspecified atom stereocenters. The number of benzene rings is 2. The Labute approximate surface area is 220 Å². The summed E-state index contributed by atoms with van der Waals surface area (Å²) in [7, 11) is 0. The van der Waals surface area contributed by atoms with Crippen LogP contribution in [0, 0.1) is 5.92 Å². The second-order valence-electron chi connectivity index (χ2n) is 9.67. The average Bonchev–Trinajstić information content (AvgIpc) is 3.16. The highest BCUT2D eigenvalue weighted by atomic mass is 16.5. The van der Waals surface area contributed by atoms with Crippen LogP contribution in [0.1, 0.15) is 58.2 Å². The Morgan fingerprint density at radius 3 is 2.11 bits per heavy atom. The van der Waals surface area contributed by atoms with E-state index in [0.717, 1.165) is 30.8 Å². The molecule has 1 aliphatic heterocycles. The van der Waals surface area contributed by atoms with E-state index in [4.69, 9.17) is 9.47 Å². The van der Waals surface area contributed by atoms with Gasteiger partial charge >= 0.3 is 0 Å². The van der Waals surface area contributed by atoms with Crippen LogP contribution in [0.4, 0.5) is 0 Å². The zero-order valence-corrected chi connectivity index (χ0v) is 22.7. The van der Waals surface area contributed by atoms with Crippen molar-refractivity contribution in [3.05, 3.63) is 65.2 Å². The van der Waals surface area contributed by atoms with Gasteiger partial charge in [0.2, 0.25) is 0 Å². The summed E-state index contributed by atoms with van der Waals surface area (Å²) in [6.07, 6.45) is 0.897. The van der Waals surface area contributed by atoms with Crippen LogP contribution in [0.25, 0.3) is 5.76 Å². The molecule has 0 bridgehead atoms. The number of likely N-dealkylation sites (tertiary alicyclic amines) is 1. The molecular formula is C30H40N2O5. The molecule has 1 amide bonds. The number of likely N-dealkylation sites (N-methyl/N-ethyl adjacent to an activating group) is 1. The lowest BCUT2D eigenvalue weighted by Gasteiger charge is -2.28. The molecular weight excluding hydrogens is 468 g/mol. The molecule has 1 N–H and O–H groups in total. The molecule has 1 heterocycles. The van der Waals surface area contributed by atoms with Crippen molar-refractivity contribution in [1.82, 2.24) is 9.80 Å². The van der Waals surface area contributed by atoms with Crippen LogP contribution in [0.5, 0.6) is 11.5 Å². The molecule has 1 atom stereocenters. The minimum Gasteiger partial charge on any atom is -0.507 e. The van der Waals surface area contributed by atoms with E-state index >= 15 is 0 Å². The van der Waals surface area contributed by atoms with Crippen molar-refractivity contribution in [2.24, 2.45) is 5.92 Å². The van der Waals surface area contributed by atoms with Crippen LogP contribution in [-0.4, -0.2) is 66.0 Å². The lowest BCUT2D eigenvalue weighted by molar-refractivity contribution is -0.140. The summed E-state index contributed by atoms with van der Waals surface area (Å²) in [5.41, 5.74) is 1.31. The van der Waals surface area contributed by atoms with Gasteiger partial charge in [-0.25, -0.2) is 0 Å². The molecule has 1 aliphatic rings. The van der Waals surface area contributed by atoms with Gasteiger partial charge in [-0.05, 0) is 67.4 Å². The molecule has 7 nitrogen and oxygen atoms in total. The second kappa shape index (κ2) is 13.3. The summed E-state index contributed by atoms with van der Waals surface area (Å²) in [6, 6.07) is 13.7. The number of Topliss-reactive ketones (excluding diaryl/α,β-unsaturated/α-hetero) is 1. The normalized spacial score (nSPS) is 17.2. The van der Waals surface area contributed by atoms with E-state index in [0.29, 0.717) is 43.5 Å². The van der Waals surface area contributed by atoms with Crippen LogP contribution < -0.4 is 9.47 Å². The largest absolute Gasteiger partial charge is 0.507 e. The first-order chi connectivity index (χ1) is 17.8. The van der Waals surface area contributed by atoms with Gasteiger partial charge < -0.3 is 24.4 Å². The predicted molar refractivity (Wildman–Crippen MR) is 146 cm³/mol. The van der Waals surface area contributed by atoms with Crippen molar-refractivity contribution in [3.8, 4) is 11.5 Å². The van der Waals surface area contributed by atoms with Crippen LogP contribution in [0.3, 0.4) is 0 Å². The summed E-state index contributed by atoms with van der Waals surface area (Å²) >= 11 is 0. The third-order valence-electron chi connectivity index (χ3n) is 6.47. The van der Waals surface area contributed by atoms with E-state index in [1.807, 2.05) is 31.2 Å². The van der Waals surface area contributed by atoms with Gasteiger partial charge in [0.25, 0.3) is 11.7 Å². The van der Waals surface area contributed by atoms with Crippen LogP contribution >= 0.6 is 0 Å². The highest BCUT2D eigenvalue weighted by Gasteiger charge is 2.46. The minimum atomic E-state index is -0.687. The van der Waals surface area contributed by atoms with Crippen LogP contribution in [0.2, 0.25) is 0 Å². The monoisotopic (exact) mass is 508 g/mol. The molecule has 0 radical (unpaired) electrons. The Bertz CT molecular complexity index is 1070. The number of ketones is 1. The number of rotatable bonds is 13. The quantitative estimate of drug-likeness (QED) is 0.225. The van der Waals surface area contributed by atoms with Crippen LogP contribution in [-0.2, 0) is 9.59 Å². The van der Waals surface area contributed by atoms with E-state index < -0.39 is 17.7 Å². The smallest absolute Gasteiger partial charge is 0.295 e. The first-order valence-electron chi connectivity index (χ1n) is 13.3. The van der Waals surface area contributed by atoms with E-state index in [-0.39, 0.29) is 11.3 Å². The molecule has 2 aromatic carbocycles. The van der Waals surface area contributed by atoms with E-state index in [2.05, 4.69) is 32.6 Å². The van der Waals surface area contributed by atoms with Crippen molar-refractivity contribution in [2.45, 2.75) is 47.1 Å². The summed E-state index contributed by atoms with van der Waals surface area (Å²) in [6.45, 7) is 14.2. The van der Waals surface area contributed by atoms with Crippen molar-refractivity contribution in [3.63, 3.8) is 0 Å². The number of aliphatic hydroxyl groups excluding tert-OH is 1. The van der Waals surface area contributed by atoms with Gasteiger partial charge in [-0.3, -0.25) is 9.59 Å². The Morgan fingerprint density at radius 2 is 1.54 bits per heavy atom. The summed E-state index contributed by atoms with van der Waals surface area (Å²) in [5, 5.41) is 11.3. The predicted octanol–water partition coefficient (Wildman–Crippen LogP) is 5.27. The molecule has 37 heavy (non-hydrogen) atoms. The summed E-state index contributed by atoms with van der Waals surface area (Å²) < 4.78 is 11.5. The fraction of sp³-hybridized carbons (Fsp3) is 0.467. The number of carbonyl (C=O) groups is 2. The van der Waals surface area contributed by atoms with Gasteiger partial charge in [0.05, 0.1) is 24.8 Å². The number of carbonyl (C=O) groups excluding carboxylic acids is 2. The second-order valence-corrected chi connectivity index (χ2v) is 9.67. The highest BCUT2D eigenvalue weighted by molar-refractivity contribution is 6.46. The van der Waals surface area contributed by atoms with Gasteiger partial charge in [-0.15, -0.1) is 0 Å². The molecule has 0 aliphatic carbocycles. The van der Waals surface area contributed by atoms with E-state index in [9.17, 15) is 14.7 Å². The van der Waals surface area contributed by atoms with E-state index in [1.165, 1.54) is 0 Å². The van der Waals surface area contributed by atoms with Crippen molar-refractivity contribution < 1.29 is 24.2 Å². The molecule has 0 aromatic heterocycles. The van der Waals surface area contributed by atoms with E-state index in [1.54, 1.807) is 29.2 Å². The van der Waals surface area contributed by atoms with Crippen LogP contribution in [0.15, 0.2) is 54.1 Å². The third kappa shape index (κ3) is 6.92. The van der Waals surface area contributed by atoms with Crippen molar-refractivity contribution in [1.29, 1.82) is 0 Å². The Hall–Kier alpha value is -3.32. The topological polar surface area (TPSA) is 79.3 Å². The number of ether oxygens (including phenoxy) is 2. The zero-order valence-electron chi connectivity index (χ0n) is 22.7. The Balaban J connectivity index is 1.99. The average molecular weight is 509 g/mol. The molecule has 0 spiro atoms. The molecule has 1 fully saturated rings. The maximum atomic E-state index is 13.3. The molecule has 3 rings (SSSR count). The molecule has 1 saturated heterocycles. The fourth-order valence-corrected chi connectivity index (χ4v) is 4.34. The molecule has 7 heteroatoms. The third-order valence-corrected chi connectivity index (χ3v) is 6.47. The van der Waals surface area contributed by atoms with Gasteiger partial charge in [-0.1, -0.05) is 46.8 Å². The molecule has 200 valence electrons. The first-order valence-corrected chi connectivity index (χ1v) is 13.3. The number of amides is 1. The van der Waals surface area contributed by atoms with Gasteiger partial charge in [0.15, 0.2) is 0 Å². The number of nitrogens with zero attached hydrogens (tertiary/aromatic N) is 2. The standard InChI is InChI=1S/C30H40N2O5/c1-6-19-36-24-13-9-22(10-14-24)27-26(29(34)30(35)32(27)18-17-31(7-2)8-3)28(33)23-11-15-25(16-12-23)37-20-21(4)5/h9-16,21,27,33H,6-8,17-20H2,1-5H3/b28-26+. The Kier molecular flexibility index (Phi) is 10.1.